The Kier molecular flexibility index (Phi) is 4.82. The van der Waals surface area contributed by atoms with Crippen LogP contribution in [0.1, 0.15) is 37.4 Å². The molecule has 0 amide bonds. The van der Waals surface area contributed by atoms with Crippen molar-refractivity contribution in [1.29, 1.82) is 0 Å². The number of anilines is 1. The molecule has 152 valence electrons. The first-order chi connectivity index (χ1) is 14.4. The minimum atomic E-state index is -0.264. The number of rotatable bonds is 4. The van der Waals surface area contributed by atoms with Crippen LogP contribution in [-0.4, -0.2) is 39.9 Å². The lowest BCUT2D eigenvalue weighted by Gasteiger charge is -2.22. The van der Waals surface area contributed by atoms with Gasteiger partial charge in [0.15, 0.2) is 5.78 Å². The summed E-state index contributed by atoms with van der Waals surface area (Å²) in [6.45, 7) is 2.05. The van der Waals surface area contributed by atoms with E-state index in [-0.39, 0.29) is 22.7 Å². The molecule has 0 atom stereocenters. The molecule has 1 aliphatic carbocycles. The van der Waals surface area contributed by atoms with Crippen LogP contribution in [0, 0.1) is 6.92 Å². The summed E-state index contributed by atoms with van der Waals surface area (Å²) in [5.74, 6) is 0.296. The van der Waals surface area contributed by atoms with Crippen LogP contribution in [0.3, 0.4) is 0 Å². The highest BCUT2D eigenvalue weighted by atomic mass is 16.5. The topological polar surface area (TPSA) is 55.8 Å². The van der Waals surface area contributed by atoms with Gasteiger partial charge in [0.1, 0.15) is 11.5 Å². The van der Waals surface area contributed by atoms with Crippen molar-refractivity contribution in [2.75, 3.05) is 33.2 Å². The second-order valence-corrected chi connectivity index (χ2v) is 7.54. The molecule has 5 heteroatoms. The third-order valence-corrected chi connectivity index (χ3v) is 5.52. The molecular formula is C25H23NO4. The standard InChI is InChI=1S/C25H23NO4/c1-14-11-15(9-10-19(14)26(2)3)16-12-18-23(21(13-16)30-5)25(28)22-17(24(18)27)7-6-8-20(22)29-4/h6-13H,1-5H3. The van der Waals surface area contributed by atoms with Gasteiger partial charge in [0.05, 0.1) is 25.3 Å². The average molecular weight is 401 g/mol. The zero-order chi connectivity index (χ0) is 21.6. The van der Waals surface area contributed by atoms with Crippen LogP contribution in [0.4, 0.5) is 5.69 Å². The van der Waals surface area contributed by atoms with E-state index in [1.807, 2.05) is 39.2 Å². The number of methoxy groups -OCH3 is 2. The quantitative estimate of drug-likeness (QED) is 0.503. The first kappa shape index (κ1) is 19.7. The molecule has 0 N–H and O–H groups in total. The Hall–Kier alpha value is -3.60. The summed E-state index contributed by atoms with van der Waals surface area (Å²) < 4.78 is 10.9. The Bertz CT molecular complexity index is 1190. The van der Waals surface area contributed by atoms with Crippen LogP contribution in [0.5, 0.6) is 11.5 Å². The zero-order valence-electron chi connectivity index (χ0n) is 17.7. The third kappa shape index (κ3) is 2.94. The minimum Gasteiger partial charge on any atom is -0.496 e. The number of hydrogen-bond acceptors (Lipinski definition) is 5. The van der Waals surface area contributed by atoms with E-state index in [4.69, 9.17) is 9.47 Å². The van der Waals surface area contributed by atoms with Gasteiger partial charge in [0.25, 0.3) is 0 Å². The van der Waals surface area contributed by atoms with Gasteiger partial charge in [0.2, 0.25) is 5.78 Å². The average Bonchev–Trinajstić information content (AvgIpc) is 2.75. The fourth-order valence-electron chi connectivity index (χ4n) is 4.09. The molecule has 3 aromatic rings. The van der Waals surface area contributed by atoms with Crippen molar-refractivity contribution >= 4 is 17.3 Å². The SMILES string of the molecule is COc1cccc2c1C(=O)c1c(OC)cc(-c3ccc(N(C)C)c(C)c3)cc1C2=O. The number of benzene rings is 3. The highest BCUT2D eigenvalue weighted by molar-refractivity contribution is 6.30. The predicted molar refractivity (Wildman–Crippen MR) is 117 cm³/mol. The highest BCUT2D eigenvalue weighted by Crippen LogP contribution is 2.40. The van der Waals surface area contributed by atoms with Crippen LogP contribution < -0.4 is 14.4 Å². The lowest BCUT2D eigenvalue weighted by Crippen LogP contribution is -2.22. The molecule has 0 bridgehead atoms. The first-order valence-electron chi connectivity index (χ1n) is 9.64. The van der Waals surface area contributed by atoms with Crippen LogP contribution in [-0.2, 0) is 0 Å². The third-order valence-electron chi connectivity index (χ3n) is 5.52. The summed E-state index contributed by atoms with van der Waals surface area (Å²) in [4.78, 5) is 28.7. The molecule has 30 heavy (non-hydrogen) atoms. The minimum absolute atomic E-state index is 0.208. The Morgan fingerprint density at radius 3 is 2.07 bits per heavy atom. The number of ether oxygens (including phenoxy) is 2. The van der Waals surface area contributed by atoms with E-state index in [2.05, 4.69) is 11.0 Å². The van der Waals surface area contributed by atoms with Gasteiger partial charge in [-0.25, -0.2) is 0 Å². The van der Waals surface area contributed by atoms with Crippen LogP contribution in [0.2, 0.25) is 0 Å². The van der Waals surface area contributed by atoms with Gasteiger partial charge in [-0.3, -0.25) is 9.59 Å². The summed E-state index contributed by atoms with van der Waals surface area (Å²) in [5.41, 5.74) is 5.29. The zero-order valence-corrected chi connectivity index (χ0v) is 17.7. The Morgan fingerprint density at radius 1 is 0.733 bits per heavy atom. The summed E-state index contributed by atoms with van der Waals surface area (Å²) >= 11 is 0. The van der Waals surface area contributed by atoms with E-state index in [0.717, 1.165) is 22.4 Å². The summed E-state index contributed by atoms with van der Waals surface area (Å²) in [6, 6.07) is 14.8. The molecule has 0 aromatic heterocycles. The molecule has 4 rings (SSSR count). The summed E-state index contributed by atoms with van der Waals surface area (Å²) in [5, 5.41) is 0. The van der Waals surface area contributed by atoms with Crippen LogP contribution >= 0.6 is 0 Å². The second-order valence-electron chi connectivity index (χ2n) is 7.54. The number of fused-ring (bicyclic) bond motifs is 2. The molecule has 0 heterocycles. The van der Waals surface area contributed by atoms with Gasteiger partial charge >= 0.3 is 0 Å². The molecule has 5 nitrogen and oxygen atoms in total. The van der Waals surface area contributed by atoms with Crippen molar-refractivity contribution in [2.24, 2.45) is 0 Å². The van der Waals surface area contributed by atoms with E-state index in [1.165, 1.54) is 14.2 Å². The second kappa shape index (κ2) is 7.34. The maximum absolute atomic E-state index is 13.3. The van der Waals surface area contributed by atoms with Gasteiger partial charge in [-0.1, -0.05) is 18.2 Å². The van der Waals surface area contributed by atoms with Crippen LogP contribution in [0.25, 0.3) is 11.1 Å². The maximum atomic E-state index is 13.3. The summed E-state index contributed by atoms with van der Waals surface area (Å²) in [6.07, 6.45) is 0. The Labute approximate surface area is 175 Å². The van der Waals surface area contributed by atoms with Crippen LogP contribution in [0.15, 0.2) is 48.5 Å². The molecule has 0 saturated heterocycles. The van der Waals surface area contributed by atoms with Crippen molar-refractivity contribution < 1.29 is 19.1 Å². The molecule has 0 fully saturated rings. The van der Waals surface area contributed by atoms with E-state index >= 15 is 0 Å². The fraction of sp³-hybridized carbons (Fsp3) is 0.200. The number of carbonyl (C=O) groups excluding carboxylic acids is 2. The van der Waals surface area contributed by atoms with Gasteiger partial charge in [-0.2, -0.15) is 0 Å². The molecule has 0 aliphatic heterocycles. The molecule has 1 aliphatic rings. The molecular weight excluding hydrogens is 378 g/mol. The Morgan fingerprint density at radius 2 is 1.43 bits per heavy atom. The molecule has 3 aromatic carbocycles. The van der Waals surface area contributed by atoms with Gasteiger partial charge in [0, 0.05) is 30.9 Å². The van der Waals surface area contributed by atoms with Crippen molar-refractivity contribution in [2.45, 2.75) is 6.92 Å². The van der Waals surface area contributed by atoms with Crippen molar-refractivity contribution in [3.05, 3.63) is 76.3 Å². The van der Waals surface area contributed by atoms with E-state index in [0.29, 0.717) is 22.6 Å². The Balaban J connectivity index is 1.92. The van der Waals surface area contributed by atoms with Crippen molar-refractivity contribution in [3.8, 4) is 22.6 Å². The van der Waals surface area contributed by atoms with E-state index in [1.54, 1.807) is 24.3 Å². The largest absolute Gasteiger partial charge is 0.496 e. The number of hydrogen-bond donors (Lipinski definition) is 0. The normalized spacial score (nSPS) is 12.3. The van der Waals surface area contributed by atoms with Gasteiger partial charge < -0.3 is 14.4 Å². The van der Waals surface area contributed by atoms with Gasteiger partial charge in [-0.15, -0.1) is 0 Å². The lowest BCUT2D eigenvalue weighted by atomic mass is 9.81. The van der Waals surface area contributed by atoms with Crippen molar-refractivity contribution in [1.82, 2.24) is 0 Å². The first-order valence-corrected chi connectivity index (χ1v) is 9.64. The summed E-state index contributed by atoms with van der Waals surface area (Å²) in [7, 11) is 7.00. The molecule has 0 saturated carbocycles. The number of ketones is 2. The number of aryl methyl sites for hydroxylation is 1. The molecule has 0 spiro atoms. The molecule has 0 unspecified atom stereocenters. The number of carbonyl (C=O) groups is 2. The fourth-order valence-corrected chi connectivity index (χ4v) is 4.09. The highest BCUT2D eigenvalue weighted by Gasteiger charge is 2.35. The monoisotopic (exact) mass is 401 g/mol. The number of nitrogens with zero attached hydrogens (tertiary/aromatic N) is 1. The van der Waals surface area contributed by atoms with Gasteiger partial charge in [-0.05, 0) is 53.9 Å². The van der Waals surface area contributed by atoms with Crippen molar-refractivity contribution in [3.63, 3.8) is 0 Å². The molecule has 0 radical (unpaired) electrons. The smallest absolute Gasteiger partial charge is 0.201 e. The predicted octanol–water partition coefficient (Wildman–Crippen LogP) is 4.52. The van der Waals surface area contributed by atoms with E-state index < -0.39 is 0 Å². The van der Waals surface area contributed by atoms with E-state index in [9.17, 15) is 9.59 Å². The lowest BCUT2D eigenvalue weighted by molar-refractivity contribution is 0.0974. The maximum Gasteiger partial charge on any atom is 0.201 e.